The predicted molar refractivity (Wildman–Crippen MR) is 87.4 cm³/mol. The quantitative estimate of drug-likeness (QED) is 0.419. The van der Waals surface area contributed by atoms with Gasteiger partial charge in [0.2, 0.25) is 0 Å². The van der Waals surface area contributed by atoms with Crippen molar-refractivity contribution in [2.45, 2.75) is 77.2 Å². The number of hydrogen-bond acceptors (Lipinski definition) is 2. The highest BCUT2D eigenvalue weighted by Crippen LogP contribution is 2.43. The Hall–Kier alpha value is -0.370. The Labute approximate surface area is 125 Å². The molecule has 0 aliphatic heterocycles. The van der Waals surface area contributed by atoms with E-state index in [9.17, 15) is 0 Å². The standard InChI is InChI=1S/C18H34N2/c1-14-13-16(14)9-6-8-15(7-4-3-5-12-19)17-10-11-18(17)20-2/h12,14-20H,3-11,13H2,1-2H3. The van der Waals surface area contributed by atoms with Crippen LogP contribution in [-0.2, 0) is 0 Å². The molecule has 2 fully saturated rings. The SMILES string of the molecule is CNC1CCC1C(CCCCC=N)CCCC1CC1C. The van der Waals surface area contributed by atoms with Crippen molar-refractivity contribution in [2.24, 2.45) is 23.7 Å². The van der Waals surface area contributed by atoms with Gasteiger partial charge in [-0.2, -0.15) is 0 Å². The maximum atomic E-state index is 7.13. The third kappa shape index (κ3) is 4.58. The summed E-state index contributed by atoms with van der Waals surface area (Å²) in [6.45, 7) is 2.41. The van der Waals surface area contributed by atoms with Gasteiger partial charge in [-0.1, -0.05) is 39.0 Å². The minimum Gasteiger partial charge on any atom is -0.317 e. The largest absolute Gasteiger partial charge is 0.317 e. The van der Waals surface area contributed by atoms with E-state index in [4.69, 9.17) is 5.41 Å². The number of unbranched alkanes of at least 4 members (excludes halogenated alkanes) is 2. The summed E-state index contributed by atoms with van der Waals surface area (Å²) in [7, 11) is 2.13. The molecule has 2 rings (SSSR count). The molecule has 5 unspecified atom stereocenters. The molecule has 2 N–H and O–H groups in total. The second kappa shape index (κ2) is 8.17. The molecule has 2 nitrogen and oxygen atoms in total. The molecular formula is C18H34N2. The molecule has 0 bridgehead atoms. The molecule has 2 heteroatoms. The first kappa shape index (κ1) is 16.0. The van der Waals surface area contributed by atoms with E-state index in [2.05, 4.69) is 19.3 Å². The van der Waals surface area contributed by atoms with Gasteiger partial charge in [-0.25, -0.2) is 0 Å². The molecule has 116 valence electrons. The van der Waals surface area contributed by atoms with E-state index in [-0.39, 0.29) is 0 Å². The minimum atomic E-state index is 0.794. The lowest BCUT2D eigenvalue weighted by Crippen LogP contribution is -2.45. The molecular weight excluding hydrogens is 244 g/mol. The van der Waals surface area contributed by atoms with Crippen LogP contribution in [0.5, 0.6) is 0 Å². The van der Waals surface area contributed by atoms with E-state index in [1.807, 2.05) is 0 Å². The lowest BCUT2D eigenvalue weighted by Gasteiger charge is -2.42. The van der Waals surface area contributed by atoms with Crippen molar-refractivity contribution in [3.63, 3.8) is 0 Å². The van der Waals surface area contributed by atoms with Crippen LogP contribution >= 0.6 is 0 Å². The Morgan fingerprint density at radius 2 is 1.95 bits per heavy atom. The summed E-state index contributed by atoms with van der Waals surface area (Å²) in [5.74, 6) is 3.97. The maximum Gasteiger partial charge on any atom is 0.00950 e. The Kier molecular flexibility index (Phi) is 6.54. The van der Waals surface area contributed by atoms with E-state index in [1.54, 1.807) is 6.21 Å². The lowest BCUT2D eigenvalue weighted by atomic mass is 9.68. The van der Waals surface area contributed by atoms with Gasteiger partial charge < -0.3 is 10.7 Å². The molecule has 2 saturated carbocycles. The van der Waals surface area contributed by atoms with Crippen LogP contribution in [0.25, 0.3) is 0 Å². The highest BCUT2D eigenvalue weighted by atomic mass is 14.9. The van der Waals surface area contributed by atoms with Gasteiger partial charge in [0.15, 0.2) is 0 Å². The molecule has 0 aromatic carbocycles. The van der Waals surface area contributed by atoms with Gasteiger partial charge in [0.25, 0.3) is 0 Å². The van der Waals surface area contributed by atoms with Crippen molar-refractivity contribution < 1.29 is 0 Å². The smallest absolute Gasteiger partial charge is 0.00950 e. The van der Waals surface area contributed by atoms with Crippen molar-refractivity contribution in [1.82, 2.24) is 5.32 Å². The van der Waals surface area contributed by atoms with Crippen molar-refractivity contribution in [3.05, 3.63) is 0 Å². The maximum absolute atomic E-state index is 7.13. The van der Waals surface area contributed by atoms with Gasteiger partial charge in [-0.05, 0) is 69.0 Å². The fraction of sp³-hybridized carbons (Fsp3) is 0.944. The molecule has 0 spiro atoms. The van der Waals surface area contributed by atoms with Crippen LogP contribution in [0.15, 0.2) is 0 Å². The molecule has 0 aromatic heterocycles. The van der Waals surface area contributed by atoms with Crippen molar-refractivity contribution in [3.8, 4) is 0 Å². The molecule has 0 saturated heterocycles. The normalized spacial score (nSPS) is 33.5. The highest BCUT2D eigenvalue weighted by molar-refractivity contribution is 5.52. The van der Waals surface area contributed by atoms with Gasteiger partial charge in [0.05, 0.1) is 0 Å². The van der Waals surface area contributed by atoms with Gasteiger partial charge in [-0.15, -0.1) is 0 Å². The van der Waals surface area contributed by atoms with E-state index in [0.29, 0.717) is 0 Å². The molecule has 0 aromatic rings. The fourth-order valence-electron chi connectivity index (χ4n) is 4.12. The molecule has 0 amide bonds. The van der Waals surface area contributed by atoms with E-state index in [0.717, 1.165) is 36.1 Å². The Balaban J connectivity index is 1.69. The average molecular weight is 278 g/mol. The Morgan fingerprint density at radius 3 is 2.50 bits per heavy atom. The number of hydrogen-bond donors (Lipinski definition) is 2. The topological polar surface area (TPSA) is 35.9 Å². The zero-order valence-electron chi connectivity index (χ0n) is 13.5. The number of nitrogens with one attached hydrogen (secondary N) is 2. The highest BCUT2D eigenvalue weighted by Gasteiger charge is 2.36. The van der Waals surface area contributed by atoms with Crippen LogP contribution in [0.3, 0.4) is 0 Å². The van der Waals surface area contributed by atoms with Gasteiger partial charge >= 0.3 is 0 Å². The third-order valence-electron chi connectivity index (χ3n) is 5.90. The predicted octanol–water partition coefficient (Wildman–Crippen LogP) is 4.64. The molecule has 5 atom stereocenters. The first-order valence-electron chi connectivity index (χ1n) is 8.92. The first-order chi connectivity index (χ1) is 9.76. The molecule has 20 heavy (non-hydrogen) atoms. The van der Waals surface area contributed by atoms with Crippen LogP contribution < -0.4 is 5.32 Å². The van der Waals surface area contributed by atoms with E-state index < -0.39 is 0 Å². The summed E-state index contributed by atoms with van der Waals surface area (Å²) in [6.07, 6.45) is 15.2. The van der Waals surface area contributed by atoms with E-state index in [1.165, 1.54) is 57.8 Å². The average Bonchev–Trinajstić information content (AvgIpc) is 3.09. The van der Waals surface area contributed by atoms with Gasteiger partial charge in [0, 0.05) is 6.04 Å². The van der Waals surface area contributed by atoms with Crippen LogP contribution in [0, 0.1) is 29.1 Å². The summed E-state index contributed by atoms with van der Waals surface area (Å²) in [5, 5.41) is 10.6. The van der Waals surface area contributed by atoms with Gasteiger partial charge in [0.1, 0.15) is 0 Å². The van der Waals surface area contributed by atoms with Crippen molar-refractivity contribution in [1.29, 1.82) is 5.41 Å². The summed E-state index contributed by atoms with van der Waals surface area (Å²) < 4.78 is 0. The number of rotatable bonds is 11. The summed E-state index contributed by atoms with van der Waals surface area (Å²) in [4.78, 5) is 0. The zero-order chi connectivity index (χ0) is 14.4. The van der Waals surface area contributed by atoms with Crippen LogP contribution in [0.4, 0.5) is 0 Å². The molecule has 0 radical (unpaired) electrons. The summed E-state index contributed by atoms with van der Waals surface area (Å²) >= 11 is 0. The summed E-state index contributed by atoms with van der Waals surface area (Å²) in [5.41, 5.74) is 0. The second-order valence-corrected chi connectivity index (χ2v) is 7.29. The minimum absolute atomic E-state index is 0.794. The molecule has 0 heterocycles. The Bertz CT molecular complexity index is 287. The second-order valence-electron chi connectivity index (χ2n) is 7.29. The van der Waals surface area contributed by atoms with Gasteiger partial charge in [-0.3, -0.25) is 0 Å². The van der Waals surface area contributed by atoms with E-state index >= 15 is 0 Å². The first-order valence-corrected chi connectivity index (χ1v) is 8.92. The Morgan fingerprint density at radius 1 is 1.20 bits per heavy atom. The summed E-state index contributed by atoms with van der Waals surface area (Å²) in [6, 6.07) is 0.794. The monoisotopic (exact) mass is 278 g/mol. The molecule has 2 aliphatic carbocycles. The van der Waals surface area contributed by atoms with Crippen LogP contribution in [-0.4, -0.2) is 19.3 Å². The lowest BCUT2D eigenvalue weighted by molar-refractivity contribution is 0.124. The fourth-order valence-corrected chi connectivity index (χ4v) is 4.12. The van der Waals surface area contributed by atoms with Crippen molar-refractivity contribution >= 4 is 6.21 Å². The van der Waals surface area contributed by atoms with Crippen LogP contribution in [0.1, 0.15) is 71.1 Å². The molecule has 2 aliphatic rings. The third-order valence-corrected chi connectivity index (χ3v) is 5.90. The van der Waals surface area contributed by atoms with Crippen LogP contribution in [0.2, 0.25) is 0 Å². The zero-order valence-corrected chi connectivity index (χ0v) is 13.5. The van der Waals surface area contributed by atoms with Crippen molar-refractivity contribution in [2.75, 3.05) is 7.05 Å².